The second kappa shape index (κ2) is 8.84. The Morgan fingerprint density at radius 3 is 2.67 bits per heavy atom. The maximum absolute atomic E-state index is 13.6. The SMILES string of the molecule is CC.CN=Nc1ccc(C2=CCc3nc(NCC(C)(C)F)ncc32)cc1C.[HH]. The van der Waals surface area contributed by atoms with Crippen molar-refractivity contribution in [3.63, 3.8) is 0 Å². The van der Waals surface area contributed by atoms with E-state index in [2.05, 4.69) is 37.7 Å². The van der Waals surface area contributed by atoms with Crippen LogP contribution in [0.2, 0.25) is 0 Å². The minimum atomic E-state index is -1.30. The number of hydrogen-bond acceptors (Lipinski definition) is 5. The van der Waals surface area contributed by atoms with E-state index < -0.39 is 5.67 Å². The molecule has 0 amide bonds. The first kappa shape index (κ1) is 20.7. The summed E-state index contributed by atoms with van der Waals surface area (Å²) in [6, 6.07) is 6.11. The summed E-state index contributed by atoms with van der Waals surface area (Å²) in [6.07, 6.45) is 4.71. The minimum Gasteiger partial charge on any atom is -0.351 e. The molecular weight excluding hydrogens is 341 g/mol. The van der Waals surface area contributed by atoms with Crippen LogP contribution in [-0.4, -0.2) is 29.2 Å². The van der Waals surface area contributed by atoms with Gasteiger partial charge in [0, 0.05) is 26.7 Å². The Bertz CT molecular complexity index is 856. The highest BCUT2D eigenvalue weighted by Gasteiger charge is 2.20. The number of rotatable bonds is 5. The molecule has 5 nitrogen and oxygen atoms in total. The molecule has 27 heavy (non-hydrogen) atoms. The molecule has 1 aromatic heterocycles. The Hall–Kier alpha value is -2.63. The molecule has 0 radical (unpaired) electrons. The van der Waals surface area contributed by atoms with Crippen LogP contribution < -0.4 is 5.32 Å². The predicted molar refractivity (Wildman–Crippen MR) is 112 cm³/mol. The first-order valence-corrected chi connectivity index (χ1v) is 9.27. The third kappa shape index (κ3) is 5.18. The molecule has 0 aliphatic heterocycles. The van der Waals surface area contributed by atoms with Crippen LogP contribution in [0, 0.1) is 6.92 Å². The number of fused-ring (bicyclic) bond motifs is 1. The van der Waals surface area contributed by atoms with E-state index in [-0.39, 0.29) is 7.97 Å². The summed E-state index contributed by atoms with van der Waals surface area (Å²) in [7, 11) is 1.66. The van der Waals surface area contributed by atoms with Gasteiger partial charge in [-0.1, -0.05) is 26.0 Å². The van der Waals surface area contributed by atoms with Gasteiger partial charge in [0.15, 0.2) is 0 Å². The monoisotopic (exact) mass is 371 g/mol. The van der Waals surface area contributed by atoms with Crippen molar-refractivity contribution in [1.82, 2.24) is 9.97 Å². The molecule has 0 atom stereocenters. The lowest BCUT2D eigenvalue weighted by atomic mass is 10.00. The first-order chi connectivity index (χ1) is 12.9. The molecule has 1 aromatic carbocycles. The number of allylic oxidation sites excluding steroid dienone is 1. The fraction of sp³-hybridized carbons (Fsp3) is 0.429. The van der Waals surface area contributed by atoms with Crippen LogP contribution in [0.1, 0.15) is 51.5 Å². The molecule has 1 aliphatic rings. The van der Waals surface area contributed by atoms with Crippen LogP contribution in [-0.2, 0) is 6.42 Å². The second-order valence-corrected chi connectivity index (χ2v) is 6.75. The summed E-state index contributed by atoms with van der Waals surface area (Å²) >= 11 is 0. The predicted octanol–water partition coefficient (Wildman–Crippen LogP) is 5.92. The lowest BCUT2D eigenvalue weighted by molar-refractivity contribution is 0.234. The minimum absolute atomic E-state index is 0. The molecule has 0 saturated heterocycles. The van der Waals surface area contributed by atoms with Gasteiger partial charge in [-0.05, 0) is 49.6 Å². The van der Waals surface area contributed by atoms with Crippen molar-refractivity contribution in [2.45, 2.75) is 46.7 Å². The van der Waals surface area contributed by atoms with E-state index in [9.17, 15) is 4.39 Å². The number of azo groups is 1. The lowest BCUT2D eigenvalue weighted by Crippen LogP contribution is -2.25. The number of halogens is 1. The Balaban J connectivity index is 0.00000127. The molecule has 1 heterocycles. The molecule has 3 rings (SSSR count). The number of anilines is 1. The van der Waals surface area contributed by atoms with Gasteiger partial charge in [0.2, 0.25) is 5.95 Å². The van der Waals surface area contributed by atoms with Crippen molar-refractivity contribution < 1.29 is 5.82 Å². The summed E-state index contributed by atoms with van der Waals surface area (Å²) in [4.78, 5) is 8.86. The zero-order valence-corrected chi connectivity index (χ0v) is 17.0. The molecule has 2 aromatic rings. The van der Waals surface area contributed by atoms with Crippen molar-refractivity contribution in [2.75, 3.05) is 18.9 Å². The highest BCUT2D eigenvalue weighted by molar-refractivity contribution is 5.84. The van der Waals surface area contributed by atoms with E-state index >= 15 is 0 Å². The zero-order chi connectivity index (χ0) is 20.0. The summed E-state index contributed by atoms with van der Waals surface area (Å²) in [6.45, 7) is 9.25. The lowest BCUT2D eigenvalue weighted by Gasteiger charge is -2.15. The van der Waals surface area contributed by atoms with E-state index in [4.69, 9.17) is 0 Å². The van der Waals surface area contributed by atoms with Gasteiger partial charge in [0.25, 0.3) is 0 Å². The summed E-state index contributed by atoms with van der Waals surface area (Å²) in [5.74, 6) is 0.467. The number of benzene rings is 1. The molecule has 146 valence electrons. The summed E-state index contributed by atoms with van der Waals surface area (Å²) < 4.78 is 13.6. The zero-order valence-electron chi connectivity index (χ0n) is 17.0. The van der Waals surface area contributed by atoms with E-state index in [1.54, 1.807) is 7.05 Å². The van der Waals surface area contributed by atoms with Gasteiger partial charge in [-0.2, -0.15) is 10.2 Å². The molecular formula is C21H30FN5. The highest BCUT2D eigenvalue weighted by Crippen LogP contribution is 2.33. The van der Waals surface area contributed by atoms with E-state index in [1.165, 1.54) is 13.8 Å². The van der Waals surface area contributed by atoms with Gasteiger partial charge in [-0.3, -0.25) is 0 Å². The number of hydrogen-bond donors (Lipinski definition) is 1. The van der Waals surface area contributed by atoms with Crippen LogP contribution in [0.4, 0.5) is 16.0 Å². The van der Waals surface area contributed by atoms with Gasteiger partial charge in [-0.15, -0.1) is 0 Å². The van der Waals surface area contributed by atoms with E-state index in [0.717, 1.165) is 40.1 Å². The van der Waals surface area contributed by atoms with Gasteiger partial charge in [0.1, 0.15) is 5.67 Å². The Morgan fingerprint density at radius 2 is 2.04 bits per heavy atom. The molecule has 0 fully saturated rings. The van der Waals surface area contributed by atoms with Crippen molar-refractivity contribution >= 4 is 17.2 Å². The molecule has 0 spiro atoms. The van der Waals surface area contributed by atoms with E-state index in [0.29, 0.717) is 5.95 Å². The number of aryl methyl sites for hydroxylation is 1. The fourth-order valence-corrected chi connectivity index (χ4v) is 2.80. The third-order valence-corrected chi connectivity index (χ3v) is 4.04. The van der Waals surface area contributed by atoms with Crippen LogP contribution in [0.25, 0.3) is 5.57 Å². The smallest absolute Gasteiger partial charge is 0.223 e. The maximum Gasteiger partial charge on any atom is 0.223 e. The van der Waals surface area contributed by atoms with Crippen molar-refractivity contribution in [2.24, 2.45) is 10.2 Å². The van der Waals surface area contributed by atoms with Crippen LogP contribution >= 0.6 is 0 Å². The standard InChI is InChI=1S/C19H22FN5.C2H6.H2/c1-12-9-13(5-7-16(12)25-21-4)14-6-8-17-15(14)10-22-18(24-17)23-11-19(2,3)20;1-2;/h5-7,9-10H,8,11H2,1-4H3,(H,22,23,24);1-2H3;1H. The summed E-state index contributed by atoms with van der Waals surface area (Å²) in [5.41, 5.74) is 4.85. The molecule has 0 unspecified atom stereocenters. The van der Waals surface area contributed by atoms with E-state index in [1.807, 2.05) is 39.1 Å². The summed E-state index contributed by atoms with van der Waals surface area (Å²) in [5, 5.41) is 10.9. The van der Waals surface area contributed by atoms with Crippen molar-refractivity contribution in [3.05, 3.63) is 52.9 Å². The topological polar surface area (TPSA) is 62.5 Å². The molecule has 0 saturated carbocycles. The molecule has 0 bridgehead atoms. The first-order valence-electron chi connectivity index (χ1n) is 9.27. The van der Waals surface area contributed by atoms with Gasteiger partial charge in [0.05, 0.1) is 17.9 Å². The number of aromatic nitrogens is 2. The molecule has 1 N–H and O–H groups in total. The number of nitrogens with one attached hydrogen (secondary N) is 1. The molecule has 6 heteroatoms. The average Bonchev–Trinajstić information content (AvgIpc) is 3.06. The number of nitrogens with zero attached hydrogens (tertiary/aromatic N) is 4. The van der Waals surface area contributed by atoms with Crippen molar-refractivity contribution in [3.8, 4) is 0 Å². The third-order valence-electron chi connectivity index (χ3n) is 4.04. The van der Waals surface area contributed by atoms with Crippen LogP contribution in [0.3, 0.4) is 0 Å². The average molecular weight is 372 g/mol. The number of alkyl halides is 1. The maximum atomic E-state index is 13.6. The fourth-order valence-electron chi connectivity index (χ4n) is 2.80. The van der Waals surface area contributed by atoms with Gasteiger partial charge < -0.3 is 5.32 Å². The van der Waals surface area contributed by atoms with Gasteiger partial charge >= 0.3 is 0 Å². The highest BCUT2D eigenvalue weighted by atomic mass is 19.1. The van der Waals surface area contributed by atoms with Crippen LogP contribution in [0.15, 0.2) is 40.7 Å². The molecule has 1 aliphatic carbocycles. The van der Waals surface area contributed by atoms with Gasteiger partial charge in [-0.25, -0.2) is 14.4 Å². The second-order valence-electron chi connectivity index (χ2n) is 6.75. The Labute approximate surface area is 162 Å². The normalized spacial score (nSPS) is 13.1. The van der Waals surface area contributed by atoms with Crippen molar-refractivity contribution in [1.29, 1.82) is 0 Å². The van der Waals surface area contributed by atoms with Crippen LogP contribution in [0.5, 0.6) is 0 Å². The Kier molecular flexibility index (Phi) is 6.77. The quantitative estimate of drug-likeness (QED) is 0.664. The largest absolute Gasteiger partial charge is 0.351 e. The Morgan fingerprint density at radius 1 is 1.30 bits per heavy atom.